The maximum Gasteiger partial charge on any atom is 0.198 e. The number of aliphatic imine (C=N–C) groups is 1. The number of hydrogen-bond donors (Lipinski definition) is 2. The van der Waals surface area contributed by atoms with Crippen LogP contribution in [0.1, 0.15) is 31.8 Å². The summed E-state index contributed by atoms with van der Waals surface area (Å²) in [5.41, 5.74) is 5.52. The lowest BCUT2D eigenvalue weighted by Gasteiger charge is -2.21. The van der Waals surface area contributed by atoms with Gasteiger partial charge in [0.2, 0.25) is 0 Å². The van der Waals surface area contributed by atoms with Gasteiger partial charge in [-0.2, -0.15) is 0 Å². The number of phenols is 1. The van der Waals surface area contributed by atoms with Gasteiger partial charge in [-0.25, -0.2) is 4.99 Å². The number of fused-ring (bicyclic) bond motifs is 2. The highest BCUT2D eigenvalue weighted by molar-refractivity contribution is 6.47. The Labute approximate surface area is 151 Å². The van der Waals surface area contributed by atoms with E-state index in [2.05, 4.69) is 4.99 Å². The number of carbonyl (C=O) groups is 2. The molecule has 0 saturated carbocycles. The van der Waals surface area contributed by atoms with Gasteiger partial charge in [0, 0.05) is 11.1 Å². The summed E-state index contributed by atoms with van der Waals surface area (Å²) in [5.74, 6) is -1.73. The van der Waals surface area contributed by atoms with Crippen LogP contribution in [-0.4, -0.2) is 28.4 Å². The Kier molecular flexibility index (Phi) is 4.25. The Hall–Kier alpha value is -2.08. The number of nitrogens with zero attached hydrogens (tertiary/aromatic N) is 1. The van der Waals surface area contributed by atoms with Crippen LogP contribution < -0.4 is 5.73 Å². The number of aromatic hydroxyl groups is 1. The standard InChI is InChI=1S/C16H9Cl3N2O3/c17-5-8(20)21-13-9-10(16(24)12(19)11(13)18)15(23)7-4-2-1-3-6(7)14(9)22/h1-4,24H,5H2,(H2,20,21). The van der Waals surface area contributed by atoms with Crippen LogP contribution in [0.2, 0.25) is 10.0 Å². The van der Waals surface area contributed by atoms with Crippen LogP contribution in [0.5, 0.6) is 5.75 Å². The minimum Gasteiger partial charge on any atom is -0.506 e. The Morgan fingerprint density at radius 3 is 2.12 bits per heavy atom. The molecule has 0 radical (unpaired) electrons. The zero-order valence-corrected chi connectivity index (χ0v) is 14.2. The van der Waals surface area contributed by atoms with Gasteiger partial charge in [-0.3, -0.25) is 9.59 Å². The van der Waals surface area contributed by atoms with E-state index >= 15 is 0 Å². The van der Waals surface area contributed by atoms with Gasteiger partial charge in [-0.15, -0.1) is 11.6 Å². The molecule has 2 aromatic carbocycles. The summed E-state index contributed by atoms with van der Waals surface area (Å²) in [7, 11) is 0. The van der Waals surface area contributed by atoms with Crippen molar-refractivity contribution in [2.24, 2.45) is 10.7 Å². The number of phenolic OH excluding ortho intramolecular Hbond substituents is 1. The molecule has 3 N–H and O–H groups in total. The SMILES string of the molecule is NC(CCl)=Nc1c(Cl)c(Cl)c(O)c2c1C(=O)c1ccccc1C2=O. The molecule has 8 heteroatoms. The molecule has 0 spiro atoms. The summed E-state index contributed by atoms with van der Waals surface area (Å²) in [6, 6.07) is 6.25. The van der Waals surface area contributed by atoms with Crippen LogP contribution in [0.25, 0.3) is 0 Å². The maximum absolute atomic E-state index is 12.9. The van der Waals surface area contributed by atoms with Crippen molar-refractivity contribution in [2.75, 3.05) is 5.88 Å². The molecule has 1 aliphatic carbocycles. The highest BCUT2D eigenvalue weighted by Gasteiger charge is 2.37. The van der Waals surface area contributed by atoms with Crippen LogP contribution in [-0.2, 0) is 0 Å². The highest BCUT2D eigenvalue weighted by atomic mass is 35.5. The van der Waals surface area contributed by atoms with E-state index in [-0.39, 0.29) is 49.7 Å². The highest BCUT2D eigenvalue weighted by Crippen LogP contribution is 2.48. The number of alkyl halides is 1. The molecule has 0 aromatic heterocycles. The molecule has 0 amide bonds. The molecule has 0 bridgehead atoms. The first-order chi connectivity index (χ1) is 11.4. The van der Waals surface area contributed by atoms with Crippen LogP contribution in [0.15, 0.2) is 29.3 Å². The smallest absolute Gasteiger partial charge is 0.198 e. The fourth-order valence-electron chi connectivity index (χ4n) is 2.53. The van der Waals surface area contributed by atoms with E-state index in [4.69, 9.17) is 40.5 Å². The number of amidine groups is 1. The van der Waals surface area contributed by atoms with Crippen molar-refractivity contribution in [3.63, 3.8) is 0 Å². The van der Waals surface area contributed by atoms with Crippen molar-refractivity contribution < 1.29 is 14.7 Å². The fourth-order valence-corrected chi connectivity index (χ4v) is 3.00. The molecule has 0 saturated heterocycles. The second-order valence-corrected chi connectivity index (χ2v) is 6.04. The quantitative estimate of drug-likeness (QED) is 0.401. The first-order valence-electron chi connectivity index (χ1n) is 6.69. The molecule has 1 aliphatic rings. The molecule has 0 heterocycles. The Bertz CT molecular complexity index is 939. The van der Waals surface area contributed by atoms with Crippen molar-refractivity contribution in [3.8, 4) is 5.75 Å². The van der Waals surface area contributed by atoms with Crippen molar-refractivity contribution in [1.29, 1.82) is 0 Å². The lowest BCUT2D eigenvalue weighted by Crippen LogP contribution is -2.22. The van der Waals surface area contributed by atoms with Crippen molar-refractivity contribution in [2.45, 2.75) is 0 Å². The van der Waals surface area contributed by atoms with Crippen LogP contribution in [0.4, 0.5) is 5.69 Å². The number of halogens is 3. The van der Waals surface area contributed by atoms with Crippen molar-refractivity contribution in [3.05, 3.63) is 56.6 Å². The summed E-state index contributed by atoms with van der Waals surface area (Å²) >= 11 is 17.7. The molecule has 24 heavy (non-hydrogen) atoms. The minimum absolute atomic E-state index is 0.0124. The predicted molar refractivity (Wildman–Crippen MR) is 93.4 cm³/mol. The molecular formula is C16H9Cl3N2O3. The topological polar surface area (TPSA) is 92.8 Å². The van der Waals surface area contributed by atoms with Crippen LogP contribution in [0.3, 0.4) is 0 Å². The van der Waals surface area contributed by atoms with Gasteiger partial charge < -0.3 is 10.8 Å². The van der Waals surface area contributed by atoms with Gasteiger partial charge in [0.15, 0.2) is 11.6 Å². The molecule has 5 nitrogen and oxygen atoms in total. The molecule has 2 aromatic rings. The zero-order valence-electron chi connectivity index (χ0n) is 11.9. The van der Waals surface area contributed by atoms with E-state index in [9.17, 15) is 14.7 Å². The van der Waals surface area contributed by atoms with Gasteiger partial charge in [-0.1, -0.05) is 47.5 Å². The molecule has 0 atom stereocenters. The van der Waals surface area contributed by atoms with Gasteiger partial charge in [-0.05, 0) is 0 Å². The minimum atomic E-state index is -0.562. The van der Waals surface area contributed by atoms with Gasteiger partial charge in [0.1, 0.15) is 16.6 Å². The summed E-state index contributed by atoms with van der Waals surface area (Å²) < 4.78 is 0. The van der Waals surface area contributed by atoms with Crippen LogP contribution in [0, 0.1) is 0 Å². The van der Waals surface area contributed by atoms with Crippen LogP contribution >= 0.6 is 34.8 Å². The summed E-state index contributed by atoms with van der Waals surface area (Å²) in [6.45, 7) is 0. The molecular weight excluding hydrogens is 375 g/mol. The Morgan fingerprint density at radius 2 is 1.58 bits per heavy atom. The lowest BCUT2D eigenvalue weighted by atomic mass is 9.82. The van der Waals surface area contributed by atoms with E-state index in [0.717, 1.165) is 0 Å². The average Bonchev–Trinajstić information content (AvgIpc) is 2.59. The van der Waals surface area contributed by atoms with Crippen molar-refractivity contribution in [1.82, 2.24) is 0 Å². The summed E-state index contributed by atoms with van der Waals surface area (Å²) in [5, 5.41) is 9.80. The van der Waals surface area contributed by atoms with Gasteiger partial charge >= 0.3 is 0 Å². The van der Waals surface area contributed by atoms with Gasteiger partial charge in [0.25, 0.3) is 0 Å². The normalized spacial score (nSPS) is 13.7. The molecule has 3 rings (SSSR count). The number of nitrogens with two attached hydrogens (primary N) is 1. The summed E-state index contributed by atoms with van der Waals surface area (Å²) in [6.07, 6.45) is 0. The second-order valence-electron chi connectivity index (χ2n) is 5.02. The monoisotopic (exact) mass is 382 g/mol. The Morgan fingerprint density at radius 1 is 1.04 bits per heavy atom. The first kappa shape index (κ1) is 16.8. The Balaban J connectivity index is 2.44. The molecule has 0 unspecified atom stereocenters. The number of hydrogen-bond acceptors (Lipinski definition) is 4. The molecule has 0 aliphatic heterocycles. The number of benzene rings is 2. The molecule has 122 valence electrons. The van der Waals surface area contributed by atoms with E-state index in [1.54, 1.807) is 12.1 Å². The first-order valence-corrected chi connectivity index (χ1v) is 7.98. The third-order valence-corrected chi connectivity index (χ3v) is 4.70. The maximum atomic E-state index is 12.9. The van der Waals surface area contributed by atoms with E-state index in [0.29, 0.717) is 0 Å². The van der Waals surface area contributed by atoms with E-state index in [1.807, 2.05) is 0 Å². The second kappa shape index (κ2) is 6.09. The number of ketones is 2. The van der Waals surface area contributed by atoms with Crippen molar-refractivity contribution >= 4 is 57.9 Å². The lowest BCUT2D eigenvalue weighted by molar-refractivity contribution is 0.0977. The van der Waals surface area contributed by atoms with Gasteiger partial charge in [0.05, 0.1) is 27.7 Å². The third kappa shape index (κ3) is 2.36. The number of rotatable bonds is 2. The zero-order chi connectivity index (χ0) is 17.6. The molecule has 0 fully saturated rings. The van der Waals surface area contributed by atoms with E-state index < -0.39 is 17.3 Å². The summed E-state index contributed by atoms with van der Waals surface area (Å²) in [4.78, 5) is 29.6. The number of carbonyl (C=O) groups excluding carboxylic acids is 2. The largest absolute Gasteiger partial charge is 0.506 e. The fraction of sp³-hybridized carbons (Fsp3) is 0.0625. The third-order valence-electron chi connectivity index (χ3n) is 3.59. The average molecular weight is 384 g/mol. The van der Waals surface area contributed by atoms with E-state index in [1.165, 1.54) is 12.1 Å². The predicted octanol–water partition coefficient (Wildman–Crippen LogP) is 3.70.